The first kappa shape index (κ1) is 16.4. The molecule has 0 spiro atoms. The second-order valence-electron chi connectivity index (χ2n) is 5.24. The predicted molar refractivity (Wildman–Crippen MR) is 96.7 cm³/mol. The molecule has 25 heavy (non-hydrogen) atoms. The normalized spacial score (nSPS) is 10.8. The number of nitrogens with zero attached hydrogens (tertiary/aromatic N) is 2. The molecule has 0 aliphatic rings. The van der Waals surface area contributed by atoms with Gasteiger partial charge in [0.25, 0.3) is 5.91 Å². The first-order valence-electron chi connectivity index (χ1n) is 7.93. The summed E-state index contributed by atoms with van der Waals surface area (Å²) in [6, 6.07) is 18.8. The molecule has 126 valence electrons. The highest BCUT2D eigenvalue weighted by Crippen LogP contribution is 2.22. The number of hydrogen-bond acceptors (Lipinski definition) is 4. The molecule has 6 heteroatoms. The van der Waals surface area contributed by atoms with Crippen molar-refractivity contribution >= 4 is 12.1 Å². The van der Waals surface area contributed by atoms with Crippen LogP contribution in [0.5, 0.6) is 5.75 Å². The Morgan fingerprint density at radius 3 is 2.84 bits per heavy atom. The van der Waals surface area contributed by atoms with E-state index in [1.807, 2.05) is 61.5 Å². The van der Waals surface area contributed by atoms with Crippen molar-refractivity contribution in [1.82, 2.24) is 15.6 Å². The highest BCUT2D eigenvalue weighted by Gasteiger charge is 2.10. The van der Waals surface area contributed by atoms with E-state index in [0.717, 1.165) is 16.9 Å². The van der Waals surface area contributed by atoms with Crippen molar-refractivity contribution < 1.29 is 9.53 Å². The maximum atomic E-state index is 12.1. The van der Waals surface area contributed by atoms with Gasteiger partial charge in [-0.3, -0.25) is 9.89 Å². The summed E-state index contributed by atoms with van der Waals surface area (Å²) < 4.78 is 5.48. The smallest absolute Gasteiger partial charge is 0.289 e. The fraction of sp³-hybridized carbons (Fsp3) is 0.105. The van der Waals surface area contributed by atoms with Gasteiger partial charge in [0.1, 0.15) is 11.4 Å². The van der Waals surface area contributed by atoms with Gasteiger partial charge in [0, 0.05) is 5.56 Å². The number of carbonyl (C=O) groups is 1. The molecule has 1 heterocycles. The van der Waals surface area contributed by atoms with Gasteiger partial charge >= 0.3 is 0 Å². The predicted octanol–water partition coefficient (Wildman–Crippen LogP) is 3.24. The van der Waals surface area contributed by atoms with Crippen LogP contribution in [0.3, 0.4) is 0 Å². The molecule has 0 unspecified atom stereocenters. The Labute approximate surface area is 145 Å². The standard InChI is InChI=1S/C19H18N4O2/c1-2-25-16-10-6-9-15(11-16)17-12-18(22-21-17)19(24)23-20-13-14-7-4-3-5-8-14/h3-13H,2H2,1H3,(H,21,22)(H,23,24). The lowest BCUT2D eigenvalue weighted by Gasteiger charge is -2.03. The second kappa shape index (κ2) is 7.92. The number of H-pyrrole nitrogens is 1. The van der Waals surface area contributed by atoms with Gasteiger partial charge in [0.15, 0.2) is 0 Å². The minimum absolute atomic E-state index is 0.335. The largest absolute Gasteiger partial charge is 0.494 e. The monoisotopic (exact) mass is 334 g/mol. The van der Waals surface area contributed by atoms with Crippen LogP contribution in [0.4, 0.5) is 0 Å². The summed E-state index contributed by atoms with van der Waals surface area (Å²) in [4.78, 5) is 12.1. The third-order valence-electron chi connectivity index (χ3n) is 3.44. The van der Waals surface area contributed by atoms with Crippen LogP contribution in [0.2, 0.25) is 0 Å². The minimum Gasteiger partial charge on any atom is -0.494 e. The molecule has 3 aromatic rings. The lowest BCUT2D eigenvalue weighted by atomic mass is 10.1. The summed E-state index contributed by atoms with van der Waals surface area (Å²) in [5, 5.41) is 10.9. The lowest BCUT2D eigenvalue weighted by Crippen LogP contribution is -2.17. The van der Waals surface area contributed by atoms with Gasteiger partial charge in [-0.15, -0.1) is 0 Å². The van der Waals surface area contributed by atoms with Gasteiger partial charge in [-0.2, -0.15) is 10.2 Å². The van der Waals surface area contributed by atoms with Crippen molar-refractivity contribution in [3.8, 4) is 17.0 Å². The highest BCUT2D eigenvalue weighted by atomic mass is 16.5. The maximum Gasteiger partial charge on any atom is 0.289 e. The van der Waals surface area contributed by atoms with E-state index in [1.165, 1.54) is 0 Å². The van der Waals surface area contributed by atoms with E-state index in [2.05, 4.69) is 20.7 Å². The molecule has 2 N–H and O–H groups in total. The molecule has 2 aromatic carbocycles. The average molecular weight is 334 g/mol. The molecular formula is C19H18N4O2. The van der Waals surface area contributed by atoms with Crippen LogP contribution >= 0.6 is 0 Å². The molecule has 0 saturated carbocycles. The van der Waals surface area contributed by atoms with Gasteiger partial charge in [0.05, 0.1) is 18.5 Å². The number of hydrogen-bond donors (Lipinski definition) is 2. The minimum atomic E-state index is -0.355. The third-order valence-corrected chi connectivity index (χ3v) is 3.44. The van der Waals surface area contributed by atoms with Crippen LogP contribution in [0.25, 0.3) is 11.3 Å². The van der Waals surface area contributed by atoms with Crippen LogP contribution in [-0.4, -0.2) is 28.9 Å². The van der Waals surface area contributed by atoms with E-state index < -0.39 is 0 Å². The number of amides is 1. The van der Waals surface area contributed by atoms with E-state index in [1.54, 1.807) is 12.3 Å². The first-order valence-corrected chi connectivity index (χ1v) is 7.93. The van der Waals surface area contributed by atoms with Crippen LogP contribution in [0.15, 0.2) is 65.8 Å². The fourth-order valence-electron chi connectivity index (χ4n) is 2.26. The summed E-state index contributed by atoms with van der Waals surface area (Å²) >= 11 is 0. The van der Waals surface area contributed by atoms with E-state index in [0.29, 0.717) is 18.0 Å². The SMILES string of the molecule is CCOc1cccc(-c2cc(C(=O)NN=Cc3ccccc3)[nH]n2)c1. The molecule has 0 atom stereocenters. The molecule has 0 aliphatic carbocycles. The molecule has 3 rings (SSSR count). The Morgan fingerprint density at radius 1 is 1.20 bits per heavy atom. The van der Waals surface area contributed by atoms with Crippen molar-refractivity contribution in [2.75, 3.05) is 6.61 Å². The van der Waals surface area contributed by atoms with Crippen molar-refractivity contribution in [2.24, 2.45) is 5.10 Å². The molecule has 0 saturated heterocycles. The van der Waals surface area contributed by atoms with E-state index >= 15 is 0 Å². The first-order chi connectivity index (χ1) is 12.3. The van der Waals surface area contributed by atoms with E-state index in [-0.39, 0.29) is 5.91 Å². The Balaban J connectivity index is 1.67. The topological polar surface area (TPSA) is 79.4 Å². The number of aromatic amines is 1. The van der Waals surface area contributed by atoms with Crippen molar-refractivity contribution in [3.05, 3.63) is 71.9 Å². The maximum absolute atomic E-state index is 12.1. The summed E-state index contributed by atoms with van der Waals surface area (Å²) in [5.74, 6) is 0.411. The van der Waals surface area contributed by atoms with Crippen LogP contribution in [0, 0.1) is 0 Å². The number of ether oxygens (including phenoxy) is 1. The summed E-state index contributed by atoms with van der Waals surface area (Å²) in [6.45, 7) is 2.52. The zero-order valence-electron chi connectivity index (χ0n) is 13.8. The second-order valence-corrected chi connectivity index (χ2v) is 5.24. The van der Waals surface area contributed by atoms with Gasteiger partial charge < -0.3 is 4.74 Å². The highest BCUT2D eigenvalue weighted by molar-refractivity contribution is 5.94. The Hall–Kier alpha value is -3.41. The van der Waals surface area contributed by atoms with E-state index in [4.69, 9.17) is 4.74 Å². The number of rotatable bonds is 6. The quantitative estimate of drug-likeness (QED) is 0.536. The summed E-state index contributed by atoms with van der Waals surface area (Å²) in [5.41, 5.74) is 5.25. The fourth-order valence-corrected chi connectivity index (χ4v) is 2.26. The summed E-state index contributed by atoms with van der Waals surface area (Å²) in [6.07, 6.45) is 1.58. The number of carbonyl (C=O) groups excluding carboxylic acids is 1. The van der Waals surface area contributed by atoms with Gasteiger partial charge in [0.2, 0.25) is 0 Å². The van der Waals surface area contributed by atoms with Gasteiger partial charge in [-0.1, -0.05) is 42.5 Å². The van der Waals surface area contributed by atoms with Crippen molar-refractivity contribution in [1.29, 1.82) is 0 Å². The molecule has 1 aromatic heterocycles. The Kier molecular flexibility index (Phi) is 5.21. The van der Waals surface area contributed by atoms with Crippen molar-refractivity contribution in [2.45, 2.75) is 6.92 Å². The van der Waals surface area contributed by atoms with Crippen LogP contribution < -0.4 is 10.2 Å². The average Bonchev–Trinajstić information content (AvgIpc) is 3.13. The molecule has 0 radical (unpaired) electrons. The number of benzene rings is 2. The van der Waals surface area contributed by atoms with Crippen molar-refractivity contribution in [3.63, 3.8) is 0 Å². The zero-order chi connectivity index (χ0) is 17.5. The molecule has 1 amide bonds. The molecule has 0 bridgehead atoms. The Morgan fingerprint density at radius 2 is 2.04 bits per heavy atom. The van der Waals surface area contributed by atoms with Gasteiger partial charge in [-0.05, 0) is 30.7 Å². The number of nitrogens with one attached hydrogen (secondary N) is 2. The Bertz CT molecular complexity index is 872. The molecule has 0 fully saturated rings. The van der Waals surface area contributed by atoms with E-state index in [9.17, 15) is 4.79 Å². The van der Waals surface area contributed by atoms with Gasteiger partial charge in [-0.25, -0.2) is 5.43 Å². The lowest BCUT2D eigenvalue weighted by molar-refractivity contribution is 0.0950. The zero-order valence-corrected chi connectivity index (χ0v) is 13.8. The molecule has 0 aliphatic heterocycles. The summed E-state index contributed by atoms with van der Waals surface area (Å²) in [7, 11) is 0. The number of aromatic nitrogens is 2. The van der Waals surface area contributed by atoms with Crippen LogP contribution in [-0.2, 0) is 0 Å². The number of hydrazone groups is 1. The molecule has 6 nitrogen and oxygen atoms in total. The van der Waals surface area contributed by atoms with Crippen LogP contribution in [0.1, 0.15) is 23.0 Å². The molecular weight excluding hydrogens is 316 g/mol. The third kappa shape index (κ3) is 4.32.